The van der Waals surface area contributed by atoms with E-state index < -0.39 is 0 Å². The molecule has 82 valence electrons. The summed E-state index contributed by atoms with van der Waals surface area (Å²) in [4.78, 5) is 5.74. The van der Waals surface area contributed by atoms with Crippen LogP contribution in [0.5, 0.6) is 0 Å². The van der Waals surface area contributed by atoms with Crippen LogP contribution in [0.25, 0.3) is 11.3 Å². The predicted octanol–water partition coefficient (Wildman–Crippen LogP) is 4.17. The summed E-state index contributed by atoms with van der Waals surface area (Å²) >= 11 is 1.86. The van der Waals surface area contributed by atoms with Crippen molar-refractivity contribution in [1.82, 2.24) is 4.98 Å². The van der Waals surface area contributed by atoms with Gasteiger partial charge in [-0.05, 0) is 36.4 Å². The molecule has 0 atom stereocenters. The number of nitrogens with zero attached hydrogens (tertiary/aromatic N) is 1. The van der Waals surface area contributed by atoms with Gasteiger partial charge in [-0.2, -0.15) is 0 Å². The normalized spacial score (nSPS) is 10.4. The van der Waals surface area contributed by atoms with Gasteiger partial charge >= 0.3 is 0 Å². The highest BCUT2D eigenvalue weighted by molar-refractivity contribution is 7.99. The molecule has 1 nitrogen and oxygen atoms in total. The summed E-state index contributed by atoms with van der Waals surface area (Å²) in [5.74, 6) is 1.11. The lowest BCUT2D eigenvalue weighted by atomic mass is 10.1. The van der Waals surface area contributed by atoms with Gasteiger partial charge < -0.3 is 0 Å². The van der Waals surface area contributed by atoms with Gasteiger partial charge in [0.1, 0.15) is 0 Å². The molecular formula is C14H15NS. The second-order valence-corrected chi connectivity index (χ2v) is 5.02. The number of aryl methyl sites for hydroxylation is 1. The van der Waals surface area contributed by atoms with Crippen LogP contribution in [-0.2, 0) is 0 Å². The fraction of sp³-hybridized carbons (Fsp3) is 0.214. The first-order chi connectivity index (χ1) is 7.79. The predicted molar refractivity (Wildman–Crippen MR) is 70.8 cm³/mol. The molecule has 0 spiro atoms. The molecule has 2 aromatic rings. The van der Waals surface area contributed by atoms with Gasteiger partial charge in [0, 0.05) is 16.7 Å². The fourth-order valence-electron chi connectivity index (χ4n) is 1.53. The van der Waals surface area contributed by atoms with Crippen LogP contribution < -0.4 is 0 Å². The third-order valence-corrected chi connectivity index (χ3v) is 3.27. The Morgan fingerprint density at radius 1 is 1.06 bits per heavy atom. The van der Waals surface area contributed by atoms with Gasteiger partial charge in [-0.25, -0.2) is 0 Å². The number of hydrogen-bond donors (Lipinski definition) is 0. The number of pyridine rings is 1. The summed E-state index contributed by atoms with van der Waals surface area (Å²) < 4.78 is 0. The third kappa shape index (κ3) is 2.64. The highest BCUT2D eigenvalue weighted by atomic mass is 32.2. The lowest BCUT2D eigenvalue weighted by Gasteiger charge is -2.03. The lowest BCUT2D eigenvalue weighted by molar-refractivity contribution is 1.27. The Hall–Kier alpha value is -1.28. The fourth-order valence-corrected chi connectivity index (χ4v) is 2.19. The highest BCUT2D eigenvalue weighted by Crippen LogP contribution is 2.22. The van der Waals surface area contributed by atoms with Crippen molar-refractivity contribution >= 4 is 11.8 Å². The quantitative estimate of drug-likeness (QED) is 0.733. The van der Waals surface area contributed by atoms with Crippen LogP contribution in [0, 0.1) is 6.92 Å². The minimum Gasteiger partial charge on any atom is -0.256 e. The summed E-state index contributed by atoms with van der Waals surface area (Å²) in [6.45, 7) is 4.22. The van der Waals surface area contributed by atoms with Crippen LogP contribution in [0.4, 0.5) is 0 Å². The second-order valence-electron chi connectivity index (χ2n) is 3.68. The molecule has 0 saturated heterocycles. The minimum atomic E-state index is 1.04. The van der Waals surface area contributed by atoms with Crippen molar-refractivity contribution in [1.29, 1.82) is 0 Å². The first kappa shape index (κ1) is 11.2. The van der Waals surface area contributed by atoms with E-state index in [1.165, 1.54) is 16.0 Å². The van der Waals surface area contributed by atoms with E-state index in [0.29, 0.717) is 0 Å². The smallest absolute Gasteiger partial charge is 0.0702 e. The Labute approximate surface area is 101 Å². The summed E-state index contributed by atoms with van der Waals surface area (Å²) in [5, 5.41) is 0. The van der Waals surface area contributed by atoms with Gasteiger partial charge in [-0.15, -0.1) is 11.8 Å². The molecule has 0 aliphatic rings. The number of hydrogen-bond acceptors (Lipinski definition) is 2. The monoisotopic (exact) mass is 229 g/mol. The maximum atomic E-state index is 4.42. The average molecular weight is 229 g/mol. The van der Waals surface area contributed by atoms with Crippen molar-refractivity contribution in [2.75, 3.05) is 5.75 Å². The number of thioether (sulfide) groups is 1. The van der Waals surface area contributed by atoms with Crippen LogP contribution in [0.1, 0.15) is 12.5 Å². The Morgan fingerprint density at radius 2 is 1.81 bits per heavy atom. The molecule has 1 heterocycles. The van der Waals surface area contributed by atoms with E-state index in [0.717, 1.165) is 11.4 Å². The van der Waals surface area contributed by atoms with E-state index in [4.69, 9.17) is 0 Å². The molecule has 0 amide bonds. The van der Waals surface area contributed by atoms with E-state index in [2.05, 4.69) is 55.2 Å². The van der Waals surface area contributed by atoms with Gasteiger partial charge in [0.25, 0.3) is 0 Å². The van der Waals surface area contributed by atoms with Crippen LogP contribution >= 0.6 is 11.8 Å². The van der Waals surface area contributed by atoms with Crippen molar-refractivity contribution < 1.29 is 0 Å². The largest absolute Gasteiger partial charge is 0.256 e. The first-order valence-corrected chi connectivity index (χ1v) is 6.44. The topological polar surface area (TPSA) is 12.9 Å². The molecule has 0 saturated carbocycles. The highest BCUT2D eigenvalue weighted by Gasteiger charge is 1.98. The summed E-state index contributed by atoms with van der Waals surface area (Å²) in [6.07, 6.45) is 1.91. The summed E-state index contributed by atoms with van der Waals surface area (Å²) in [6, 6.07) is 12.7. The number of rotatable bonds is 3. The van der Waals surface area contributed by atoms with E-state index in [-0.39, 0.29) is 0 Å². The Kier molecular flexibility index (Phi) is 3.62. The average Bonchev–Trinajstić information content (AvgIpc) is 2.32. The van der Waals surface area contributed by atoms with E-state index in [1.54, 1.807) is 0 Å². The molecule has 0 radical (unpaired) electrons. The van der Waals surface area contributed by atoms with Crippen molar-refractivity contribution in [3.05, 3.63) is 48.2 Å². The minimum absolute atomic E-state index is 1.04. The third-order valence-electron chi connectivity index (χ3n) is 2.37. The summed E-state index contributed by atoms with van der Waals surface area (Å²) in [5.41, 5.74) is 3.42. The maximum Gasteiger partial charge on any atom is 0.0702 e. The van der Waals surface area contributed by atoms with Gasteiger partial charge in [-0.3, -0.25) is 4.98 Å². The molecule has 1 aromatic carbocycles. The van der Waals surface area contributed by atoms with Crippen molar-refractivity contribution in [2.24, 2.45) is 0 Å². The van der Waals surface area contributed by atoms with E-state index in [9.17, 15) is 0 Å². The zero-order chi connectivity index (χ0) is 11.4. The maximum absolute atomic E-state index is 4.42. The van der Waals surface area contributed by atoms with Crippen LogP contribution in [0.15, 0.2) is 47.5 Å². The molecule has 0 N–H and O–H groups in total. The molecule has 1 aromatic heterocycles. The Morgan fingerprint density at radius 3 is 2.38 bits per heavy atom. The zero-order valence-electron chi connectivity index (χ0n) is 9.60. The molecule has 0 unspecified atom stereocenters. The Balaban J connectivity index is 2.24. The van der Waals surface area contributed by atoms with Gasteiger partial charge in [0.2, 0.25) is 0 Å². The number of benzene rings is 1. The molecule has 0 bridgehead atoms. The molecule has 2 rings (SSSR count). The molecular weight excluding hydrogens is 214 g/mol. The van der Waals surface area contributed by atoms with Crippen LogP contribution in [-0.4, -0.2) is 10.7 Å². The van der Waals surface area contributed by atoms with Gasteiger partial charge in [0.05, 0.1) is 5.69 Å². The van der Waals surface area contributed by atoms with Crippen molar-refractivity contribution in [3.8, 4) is 11.3 Å². The van der Waals surface area contributed by atoms with Crippen LogP contribution in [0.2, 0.25) is 0 Å². The standard InChI is InChI=1S/C14H15NS/c1-3-16-13-7-5-12(6-8-13)14-9-4-11(2)10-15-14/h4-10H,3H2,1-2H3. The van der Waals surface area contributed by atoms with Crippen LogP contribution in [0.3, 0.4) is 0 Å². The molecule has 16 heavy (non-hydrogen) atoms. The van der Waals surface area contributed by atoms with Gasteiger partial charge in [0.15, 0.2) is 0 Å². The lowest BCUT2D eigenvalue weighted by Crippen LogP contribution is -1.84. The zero-order valence-corrected chi connectivity index (χ0v) is 10.4. The van der Waals surface area contributed by atoms with E-state index in [1.807, 2.05) is 18.0 Å². The SMILES string of the molecule is CCSc1ccc(-c2ccc(C)cn2)cc1. The Bertz CT molecular complexity index is 445. The molecule has 0 aliphatic heterocycles. The first-order valence-electron chi connectivity index (χ1n) is 5.45. The molecule has 0 aliphatic carbocycles. The summed E-state index contributed by atoms with van der Waals surface area (Å²) in [7, 11) is 0. The van der Waals surface area contributed by atoms with Gasteiger partial charge in [-0.1, -0.05) is 25.1 Å². The second kappa shape index (κ2) is 5.17. The van der Waals surface area contributed by atoms with Crippen molar-refractivity contribution in [2.45, 2.75) is 18.7 Å². The molecule has 0 fully saturated rings. The van der Waals surface area contributed by atoms with E-state index >= 15 is 0 Å². The molecule has 2 heteroatoms. The number of aromatic nitrogens is 1. The van der Waals surface area contributed by atoms with Crippen molar-refractivity contribution in [3.63, 3.8) is 0 Å².